The van der Waals surface area contributed by atoms with Crippen molar-refractivity contribution in [2.75, 3.05) is 13.1 Å². The number of thiocarbonyl (C=S) groups is 1. The van der Waals surface area contributed by atoms with E-state index in [1.807, 2.05) is 0 Å². The maximum absolute atomic E-state index is 4.85. The lowest BCUT2D eigenvalue weighted by Gasteiger charge is -2.12. The molecule has 0 unspecified atom stereocenters. The summed E-state index contributed by atoms with van der Waals surface area (Å²) in [4.78, 5) is 2.12. The molecule has 0 aromatic rings. The van der Waals surface area contributed by atoms with Gasteiger partial charge in [-0.1, -0.05) is 12.2 Å². The molecule has 0 bridgehead atoms. The fourth-order valence-corrected chi connectivity index (χ4v) is 1.29. The molecule has 54 valence electrons. The summed E-state index contributed by atoms with van der Waals surface area (Å²) in [6, 6.07) is 0. The molecule has 1 aliphatic rings. The Morgan fingerprint density at radius 3 is 2.00 bits per heavy atom. The van der Waals surface area contributed by atoms with Crippen molar-refractivity contribution in [1.82, 2.24) is 11.1 Å². The largest absolute Gasteiger partial charge is 0.358 e. The first kappa shape index (κ1) is 9.20. The van der Waals surface area contributed by atoms with Crippen molar-refractivity contribution in [3.05, 3.63) is 0 Å². The monoisotopic (exact) mass is 164 g/mol. The quantitative estimate of drug-likeness (QED) is 0.420. The highest BCUT2D eigenvalue weighted by atomic mass is 32.1. The van der Waals surface area contributed by atoms with E-state index in [1.165, 1.54) is 12.8 Å². The zero-order chi connectivity index (χ0) is 5.98. The summed E-state index contributed by atoms with van der Waals surface area (Å²) < 4.78 is 0.752. The molecular weight excluding hydrogens is 152 g/mol. The van der Waals surface area contributed by atoms with Gasteiger partial charge in [0.2, 0.25) is 0 Å². The van der Waals surface area contributed by atoms with Gasteiger partial charge in [0.05, 0.1) is 0 Å². The molecule has 4 heteroatoms. The Kier molecular flexibility index (Phi) is 4.18. The molecule has 0 aromatic carbocycles. The second-order valence-corrected chi connectivity index (χ2v) is 3.09. The summed E-state index contributed by atoms with van der Waals surface area (Å²) in [7, 11) is 0. The van der Waals surface area contributed by atoms with E-state index in [-0.39, 0.29) is 6.15 Å². The number of likely N-dealkylation sites (tertiary alicyclic amines) is 1. The average molecular weight is 164 g/mol. The molecule has 9 heavy (non-hydrogen) atoms. The van der Waals surface area contributed by atoms with Crippen LogP contribution in [-0.2, 0) is 0 Å². The third-order valence-corrected chi connectivity index (χ3v) is 1.92. The Balaban J connectivity index is 0.000000640. The molecule has 0 amide bonds. The van der Waals surface area contributed by atoms with Gasteiger partial charge >= 0.3 is 0 Å². The minimum absolute atomic E-state index is 0. The van der Waals surface area contributed by atoms with Crippen LogP contribution in [0.3, 0.4) is 0 Å². The second-order valence-electron chi connectivity index (χ2n) is 1.98. The Morgan fingerprint density at radius 1 is 1.33 bits per heavy atom. The van der Waals surface area contributed by atoms with E-state index in [4.69, 9.17) is 12.2 Å². The molecule has 1 saturated heterocycles. The predicted octanol–water partition coefficient (Wildman–Crippen LogP) is 1.46. The van der Waals surface area contributed by atoms with Gasteiger partial charge in [-0.25, -0.2) is 0 Å². The topological polar surface area (TPSA) is 38.2 Å². The smallest absolute Gasteiger partial charge is 0.133 e. The van der Waals surface area contributed by atoms with Crippen molar-refractivity contribution >= 4 is 29.2 Å². The maximum Gasteiger partial charge on any atom is 0.133 e. The highest BCUT2D eigenvalue weighted by Gasteiger charge is 2.10. The van der Waals surface area contributed by atoms with E-state index < -0.39 is 0 Å². The van der Waals surface area contributed by atoms with Gasteiger partial charge in [-0.05, 0) is 12.8 Å². The lowest BCUT2D eigenvalue weighted by atomic mass is 10.4. The van der Waals surface area contributed by atoms with Crippen LogP contribution in [0.15, 0.2) is 0 Å². The summed E-state index contributed by atoms with van der Waals surface area (Å²) in [5, 5.41) is 0. The molecule has 0 aliphatic carbocycles. The molecule has 0 saturated carbocycles. The summed E-state index contributed by atoms with van der Waals surface area (Å²) >= 11 is 8.90. The normalized spacial score (nSPS) is 17.2. The molecule has 1 heterocycles. The molecule has 3 N–H and O–H groups in total. The van der Waals surface area contributed by atoms with Crippen LogP contribution < -0.4 is 6.15 Å². The van der Waals surface area contributed by atoms with Crippen LogP contribution in [0, 0.1) is 0 Å². The Hall–Kier alpha value is 0.200. The first-order valence-electron chi connectivity index (χ1n) is 2.78. The summed E-state index contributed by atoms with van der Waals surface area (Å²) in [5.41, 5.74) is 0. The van der Waals surface area contributed by atoms with Gasteiger partial charge in [-0.15, -0.1) is 12.6 Å². The van der Waals surface area contributed by atoms with Crippen molar-refractivity contribution in [2.24, 2.45) is 0 Å². The third kappa shape index (κ3) is 2.51. The van der Waals surface area contributed by atoms with Crippen LogP contribution in [0.2, 0.25) is 0 Å². The second kappa shape index (κ2) is 4.09. The zero-order valence-corrected chi connectivity index (χ0v) is 7.05. The van der Waals surface area contributed by atoms with Crippen LogP contribution in [0.4, 0.5) is 0 Å². The molecule has 0 radical (unpaired) electrons. The SMILES string of the molecule is N.S=C(S)N1CCCC1. The van der Waals surface area contributed by atoms with E-state index in [2.05, 4.69) is 17.5 Å². The first-order chi connectivity index (χ1) is 3.80. The van der Waals surface area contributed by atoms with Crippen LogP contribution in [0.1, 0.15) is 12.8 Å². The van der Waals surface area contributed by atoms with Gasteiger partial charge in [-0.2, -0.15) is 0 Å². The van der Waals surface area contributed by atoms with Gasteiger partial charge in [0, 0.05) is 13.1 Å². The molecule has 0 atom stereocenters. The van der Waals surface area contributed by atoms with Crippen molar-refractivity contribution in [3.8, 4) is 0 Å². The van der Waals surface area contributed by atoms with Crippen LogP contribution >= 0.6 is 24.8 Å². The van der Waals surface area contributed by atoms with Crippen molar-refractivity contribution in [3.63, 3.8) is 0 Å². The minimum atomic E-state index is 0. The number of rotatable bonds is 0. The molecule has 1 rings (SSSR count). The van der Waals surface area contributed by atoms with Gasteiger partial charge in [0.1, 0.15) is 4.32 Å². The maximum atomic E-state index is 4.85. The first-order valence-corrected chi connectivity index (χ1v) is 3.64. The zero-order valence-electron chi connectivity index (χ0n) is 5.34. The Labute approximate surface area is 66.6 Å². The van der Waals surface area contributed by atoms with Crippen LogP contribution in [0.5, 0.6) is 0 Å². The van der Waals surface area contributed by atoms with Crippen LogP contribution in [-0.4, -0.2) is 22.3 Å². The van der Waals surface area contributed by atoms with Gasteiger partial charge in [-0.3, -0.25) is 0 Å². The summed E-state index contributed by atoms with van der Waals surface area (Å²) in [6.45, 7) is 2.23. The average Bonchev–Trinajstić information content (AvgIpc) is 2.12. The Bertz CT molecular complexity index is 99.1. The number of hydrogen-bond donors (Lipinski definition) is 2. The van der Waals surface area contributed by atoms with E-state index in [1.54, 1.807) is 0 Å². The van der Waals surface area contributed by atoms with Crippen LogP contribution in [0.25, 0.3) is 0 Å². The molecule has 1 fully saturated rings. The number of thiol groups is 1. The van der Waals surface area contributed by atoms with E-state index in [0.717, 1.165) is 17.4 Å². The molecule has 1 aliphatic heterocycles. The number of nitrogens with zero attached hydrogens (tertiary/aromatic N) is 1. The van der Waals surface area contributed by atoms with Crippen molar-refractivity contribution in [1.29, 1.82) is 0 Å². The molecule has 2 nitrogen and oxygen atoms in total. The van der Waals surface area contributed by atoms with E-state index >= 15 is 0 Å². The summed E-state index contributed by atoms with van der Waals surface area (Å²) in [5.74, 6) is 0. The highest BCUT2D eigenvalue weighted by molar-refractivity contribution is 8.10. The molecule has 0 aromatic heterocycles. The van der Waals surface area contributed by atoms with Gasteiger partial charge in [0.15, 0.2) is 0 Å². The van der Waals surface area contributed by atoms with Gasteiger partial charge in [0.25, 0.3) is 0 Å². The Morgan fingerprint density at radius 2 is 1.78 bits per heavy atom. The molecule has 0 spiro atoms. The highest BCUT2D eigenvalue weighted by Crippen LogP contribution is 2.09. The third-order valence-electron chi connectivity index (χ3n) is 1.38. The van der Waals surface area contributed by atoms with Crippen molar-refractivity contribution < 1.29 is 0 Å². The lowest BCUT2D eigenvalue weighted by molar-refractivity contribution is 0.539. The van der Waals surface area contributed by atoms with E-state index in [9.17, 15) is 0 Å². The molecular formula is C5H12N2S2. The number of hydrogen-bond acceptors (Lipinski definition) is 2. The summed E-state index contributed by atoms with van der Waals surface area (Å²) in [6.07, 6.45) is 2.56. The lowest BCUT2D eigenvalue weighted by Crippen LogP contribution is -2.20. The minimum Gasteiger partial charge on any atom is -0.358 e. The standard InChI is InChI=1S/C5H9NS2.H3N/c7-5(8)6-3-1-2-4-6;/h1-4H2,(H,7,8);1H3. The predicted molar refractivity (Wildman–Crippen MR) is 47.4 cm³/mol. The van der Waals surface area contributed by atoms with E-state index in [0.29, 0.717) is 0 Å². The fourth-order valence-electron chi connectivity index (χ4n) is 0.908. The van der Waals surface area contributed by atoms with Gasteiger partial charge < -0.3 is 11.1 Å². The fraction of sp³-hybridized carbons (Fsp3) is 0.800. The van der Waals surface area contributed by atoms with Crippen molar-refractivity contribution in [2.45, 2.75) is 12.8 Å².